The summed E-state index contributed by atoms with van der Waals surface area (Å²) in [6.07, 6.45) is 1.74. The number of nitrogens with one attached hydrogen (secondary N) is 1. The van der Waals surface area contributed by atoms with E-state index in [4.69, 9.17) is 4.74 Å². The number of nitriles is 1. The molecular formula is C27H30N6O3. The molecule has 2 saturated heterocycles. The largest absolute Gasteiger partial charge is 0.483 e. The van der Waals surface area contributed by atoms with Gasteiger partial charge in [-0.15, -0.1) is 5.10 Å². The number of H-pyrrole nitrogens is 1. The van der Waals surface area contributed by atoms with Crippen molar-refractivity contribution in [1.29, 1.82) is 5.26 Å². The Kier molecular flexibility index (Phi) is 6.59. The van der Waals surface area contributed by atoms with Crippen molar-refractivity contribution in [3.05, 3.63) is 53.1 Å². The molecule has 2 atom stereocenters. The molecule has 3 aromatic rings. The van der Waals surface area contributed by atoms with Gasteiger partial charge in [0.25, 0.3) is 11.8 Å². The van der Waals surface area contributed by atoms with Crippen LogP contribution in [-0.2, 0) is 4.79 Å². The highest BCUT2D eigenvalue weighted by Crippen LogP contribution is 2.33. The SMILES string of the molecule is CC(C)c1cc(C#N)ccc1OCC(=O)N1CCC2CN(C(=O)c3ccc4[nH]nnc4c3)CC2CC1. The van der Waals surface area contributed by atoms with Gasteiger partial charge < -0.3 is 14.5 Å². The molecule has 1 aromatic heterocycles. The van der Waals surface area contributed by atoms with Gasteiger partial charge in [0, 0.05) is 31.7 Å². The third-order valence-corrected chi connectivity index (χ3v) is 7.44. The quantitative estimate of drug-likeness (QED) is 0.591. The Labute approximate surface area is 210 Å². The van der Waals surface area contributed by atoms with Crippen molar-refractivity contribution in [3.63, 3.8) is 0 Å². The Hall–Kier alpha value is -3.93. The summed E-state index contributed by atoms with van der Waals surface area (Å²) in [5.74, 6) is 1.61. The normalized spacial score (nSPS) is 19.7. The molecule has 2 amide bonds. The zero-order valence-corrected chi connectivity index (χ0v) is 20.6. The van der Waals surface area contributed by atoms with Gasteiger partial charge in [-0.3, -0.25) is 14.7 Å². The van der Waals surface area contributed by atoms with E-state index in [0.717, 1.165) is 23.9 Å². The number of benzene rings is 2. The summed E-state index contributed by atoms with van der Waals surface area (Å²) in [5.41, 5.74) is 3.64. The van der Waals surface area contributed by atoms with Crippen LogP contribution in [0, 0.1) is 23.2 Å². The topological polar surface area (TPSA) is 115 Å². The lowest BCUT2D eigenvalue weighted by Gasteiger charge is -2.23. The van der Waals surface area contributed by atoms with Crippen LogP contribution in [-0.4, -0.2) is 69.8 Å². The lowest BCUT2D eigenvalue weighted by atomic mass is 9.92. The minimum Gasteiger partial charge on any atom is -0.483 e. The first-order valence-electron chi connectivity index (χ1n) is 12.5. The summed E-state index contributed by atoms with van der Waals surface area (Å²) in [4.78, 5) is 29.9. The van der Waals surface area contributed by atoms with Gasteiger partial charge in [-0.2, -0.15) is 5.26 Å². The van der Waals surface area contributed by atoms with Crippen LogP contribution in [0.5, 0.6) is 5.75 Å². The first-order chi connectivity index (χ1) is 17.4. The molecule has 2 aromatic carbocycles. The van der Waals surface area contributed by atoms with Gasteiger partial charge in [-0.25, -0.2) is 0 Å². The highest BCUT2D eigenvalue weighted by Gasteiger charge is 2.38. The lowest BCUT2D eigenvalue weighted by molar-refractivity contribution is -0.133. The molecule has 5 rings (SSSR count). The first-order valence-corrected chi connectivity index (χ1v) is 12.5. The fourth-order valence-electron chi connectivity index (χ4n) is 5.35. The van der Waals surface area contributed by atoms with Crippen LogP contribution in [0.2, 0.25) is 0 Å². The molecule has 1 N–H and O–H groups in total. The third kappa shape index (κ3) is 4.76. The molecule has 2 unspecified atom stereocenters. The standard InChI is InChI=1S/C27H30N6O3/c1-17(2)22-11-18(13-28)3-6-25(22)36-16-26(34)32-9-7-20-14-33(15-21(20)8-10-32)27(35)19-4-5-23-24(12-19)30-31-29-23/h3-6,11-12,17,20-21H,7-10,14-16H2,1-2H3,(H,29,30,31). The Bertz CT molecular complexity index is 1310. The smallest absolute Gasteiger partial charge is 0.260 e. The maximum atomic E-state index is 13.1. The molecule has 2 fully saturated rings. The minimum atomic E-state index is -0.0251. The summed E-state index contributed by atoms with van der Waals surface area (Å²) >= 11 is 0. The minimum absolute atomic E-state index is 0.0178. The number of aromatic amines is 1. The number of carbonyl (C=O) groups excluding carboxylic acids is 2. The molecule has 0 radical (unpaired) electrons. The summed E-state index contributed by atoms with van der Waals surface area (Å²) in [7, 11) is 0. The summed E-state index contributed by atoms with van der Waals surface area (Å²) < 4.78 is 5.90. The number of hydrogen-bond donors (Lipinski definition) is 1. The molecule has 2 aliphatic heterocycles. The second-order valence-electron chi connectivity index (χ2n) is 10.0. The van der Waals surface area contributed by atoms with Crippen molar-refractivity contribution in [2.45, 2.75) is 32.6 Å². The Balaban J connectivity index is 1.16. The van der Waals surface area contributed by atoms with Gasteiger partial charge >= 0.3 is 0 Å². The van der Waals surface area contributed by atoms with Crippen LogP contribution in [0.4, 0.5) is 0 Å². The van der Waals surface area contributed by atoms with Crippen LogP contribution >= 0.6 is 0 Å². The zero-order chi connectivity index (χ0) is 25.2. The Morgan fingerprint density at radius 2 is 1.86 bits per heavy atom. The van der Waals surface area contributed by atoms with Crippen molar-refractivity contribution in [2.24, 2.45) is 11.8 Å². The molecule has 9 heteroatoms. The van der Waals surface area contributed by atoms with Gasteiger partial charge in [0.1, 0.15) is 11.3 Å². The average Bonchev–Trinajstić information content (AvgIpc) is 3.48. The average molecular weight is 487 g/mol. The van der Waals surface area contributed by atoms with Gasteiger partial charge in [0.2, 0.25) is 0 Å². The maximum Gasteiger partial charge on any atom is 0.260 e. The van der Waals surface area contributed by atoms with E-state index in [1.165, 1.54) is 0 Å². The van der Waals surface area contributed by atoms with Crippen molar-refractivity contribution in [2.75, 3.05) is 32.8 Å². The molecule has 2 aliphatic rings. The maximum absolute atomic E-state index is 13.1. The van der Waals surface area contributed by atoms with Crippen molar-refractivity contribution in [3.8, 4) is 11.8 Å². The predicted molar refractivity (Wildman–Crippen MR) is 133 cm³/mol. The number of hydrogen-bond acceptors (Lipinski definition) is 6. The van der Waals surface area contributed by atoms with Gasteiger partial charge in [0.05, 0.1) is 17.1 Å². The Morgan fingerprint density at radius 1 is 1.11 bits per heavy atom. The van der Waals surface area contributed by atoms with Gasteiger partial charge in [-0.1, -0.05) is 19.1 Å². The van der Waals surface area contributed by atoms with Crippen molar-refractivity contribution < 1.29 is 14.3 Å². The molecule has 36 heavy (non-hydrogen) atoms. The molecule has 0 aliphatic carbocycles. The fraction of sp³-hybridized carbons (Fsp3) is 0.444. The number of likely N-dealkylation sites (tertiary alicyclic amines) is 2. The molecule has 0 bridgehead atoms. The number of carbonyl (C=O) groups is 2. The molecule has 3 heterocycles. The van der Waals surface area contributed by atoms with E-state index in [9.17, 15) is 14.9 Å². The van der Waals surface area contributed by atoms with E-state index >= 15 is 0 Å². The number of nitrogens with zero attached hydrogens (tertiary/aromatic N) is 5. The number of amides is 2. The van der Waals surface area contributed by atoms with Gasteiger partial charge in [-0.05, 0) is 72.6 Å². The molecule has 186 valence electrons. The van der Waals surface area contributed by atoms with Crippen LogP contribution in [0.3, 0.4) is 0 Å². The Morgan fingerprint density at radius 3 is 2.56 bits per heavy atom. The van der Waals surface area contributed by atoms with E-state index in [1.54, 1.807) is 18.2 Å². The van der Waals surface area contributed by atoms with Gasteiger partial charge in [0.15, 0.2) is 6.61 Å². The van der Waals surface area contributed by atoms with E-state index in [0.29, 0.717) is 60.4 Å². The van der Waals surface area contributed by atoms with Crippen LogP contribution in [0.15, 0.2) is 36.4 Å². The first kappa shape index (κ1) is 23.8. The molecule has 0 saturated carbocycles. The third-order valence-electron chi connectivity index (χ3n) is 7.44. The van der Waals surface area contributed by atoms with Crippen LogP contribution < -0.4 is 4.74 Å². The van der Waals surface area contributed by atoms with E-state index in [2.05, 4.69) is 21.5 Å². The molecular weight excluding hydrogens is 456 g/mol. The zero-order valence-electron chi connectivity index (χ0n) is 20.6. The van der Waals surface area contributed by atoms with Crippen LogP contribution in [0.1, 0.15) is 54.1 Å². The predicted octanol–water partition coefficient (Wildman–Crippen LogP) is 3.34. The summed E-state index contributed by atoms with van der Waals surface area (Å²) in [5, 5.41) is 19.8. The number of aromatic nitrogens is 3. The van der Waals surface area contributed by atoms with E-state index < -0.39 is 0 Å². The van der Waals surface area contributed by atoms with E-state index in [1.807, 2.05) is 41.8 Å². The summed E-state index contributed by atoms with van der Waals surface area (Å²) in [6, 6.07) is 12.9. The second kappa shape index (κ2) is 9.97. The highest BCUT2D eigenvalue weighted by molar-refractivity contribution is 5.97. The lowest BCUT2D eigenvalue weighted by Crippen LogP contribution is -2.37. The highest BCUT2D eigenvalue weighted by atomic mass is 16.5. The second-order valence-corrected chi connectivity index (χ2v) is 10.0. The molecule has 0 spiro atoms. The monoisotopic (exact) mass is 486 g/mol. The number of fused-ring (bicyclic) bond motifs is 2. The number of ether oxygens (including phenoxy) is 1. The van der Waals surface area contributed by atoms with Crippen molar-refractivity contribution in [1.82, 2.24) is 25.2 Å². The number of rotatable bonds is 5. The molecule has 9 nitrogen and oxygen atoms in total. The van der Waals surface area contributed by atoms with E-state index in [-0.39, 0.29) is 24.3 Å². The van der Waals surface area contributed by atoms with Crippen molar-refractivity contribution >= 4 is 22.8 Å². The summed E-state index contributed by atoms with van der Waals surface area (Å²) in [6.45, 7) is 6.82. The van der Waals surface area contributed by atoms with Crippen LogP contribution in [0.25, 0.3) is 11.0 Å². The fourth-order valence-corrected chi connectivity index (χ4v) is 5.35.